The smallest absolute Gasteiger partial charge is 0.269 e. The van der Waals surface area contributed by atoms with E-state index in [2.05, 4.69) is 54.1 Å². The Balaban J connectivity index is 0.000000174. The van der Waals surface area contributed by atoms with E-state index in [1.807, 2.05) is 93.2 Å². The molecule has 2 atom stereocenters. The van der Waals surface area contributed by atoms with Gasteiger partial charge in [-0.05, 0) is 71.8 Å². The zero-order chi connectivity index (χ0) is 52.1. The third-order valence-corrected chi connectivity index (χ3v) is 12.2. The molecule has 2 aliphatic heterocycles. The van der Waals surface area contributed by atoms with E-state index in [1.54, 1.807) is 63.4 Å². The molecule has 6 N–H and O–H groups in total. The standard InChI is InChI=1S/C25H22N6O3.C18H14BrN5O.C7H9NO2.CH3F/c1-29-11-10-25(34,24(29)33)9-8-16-4-3-5-19(12-16)31-21-7-6-17(18-14-27-30(2)15-18)13-20(21)22(28-31)23(26)32;1-23-10-12(9-21-23)11-5-6-16-15(7-11)17(18(20)25)22-24(16)14-4-2-3-13(19)8-14;1-3-7(10)4-5-8(2)6(7)9;1-2/h3-7,12-15,34H,10-11H2,1-2H3,(H2,26,32);2-10H,1H3,(H2,20,25);1,10H,4-5H2,2H3;1H3/t25-;;7-;/m0.0./s1/i;;;1D. The lowest BCUT2D eigenvalue weighted by molar-refractivity contribution is -0.138. The number of likely N-dealkylation sites (N-methyl/N-ethyl adjacent to an activating group) is 2. The van der Waals surface area contributed by atoms with Gasteiger partial charge in [-0.1, -0.05) is 58.0 Å². The highest BCUT2D eigenvalue weighted by Gasteiger charge is 2.43. The molecule has 0 bridgehead atoms. The Labute approximate surface area is 416 Å². The predicted octanol–water partition coefficient (Wildman–Crippen LogP) is 4.56. The van der Waals surface area contributed by atoms with E-state index in [1.165, 1.54) is 9.80 Å². The van der Waals surface area contributed by atoms with E-state index in [0.717, 1.165) is 37.9 Å². The van der Waals surface area contributed by atoms with E-state index >= 15 is 0 Å². The Bertz CT molecular complexity index is 3500. The van der Waals surface area contributed by atoms with Crippen LogP contribution in [0.5, 0.6) is 0 Å². The number of hydrogen-bond acceptors (Lipinski definition) is 10. The van der Waals surface area contributed by atoms with Crippen LogP contribution in [0.3, 0.4) is 0 Å². The van der Waals surface area contributed by atoms with Crippen molar-refractivity contribution in [2.75, 3.05) is 34.3 Å². The van der Waals surface area contributed by atoms with Crippen LogP contribution in [-0.2, 0) is 23.7 Å². The molecule has 10 rings (SSSR count). The number of nitrogens with two attached hydrogens (primary N) is 2. The minimum Gasteiger partial charge on any atom is -0.369 e. The number of aryl methyl sites for hydroxylation is 2. The van der Waals surface area contributed by atoms with Gasteiger partial charge >= 0.3 is 0 Å². The Kier molecular flexibility index (Phi) is 14.3. The van der Waals surface area contributed by atoms with Gasteiger partial charge in [-0.25, -0.2) is 9.36 Å². The number of halogens is 2. The first-order valence-corrected chi connectivity index (χ1v) is 22.4. The quantitative estimate of drug-likeness (QED) is 0.170. The average molecular weight is 1020 g/mol. The number of terminal acetylenes is 1. The number of alkyl halides is 1. The summed E-state index contributed by atoms with van der Waals surface area (Å²) in [7, 11) is 5.96. The van der Waals surface area contributed by atoms with Crippen LogP contribution in [0, 0.1) is 24.2 Å². The number of rotatable bonds is 6. The molecule has 4 amide bonds. The van der Waals surface area contributed by atoms with Gasteiger partial charge in [-0.3, -0.25) is 32.9 Å². The molecule has 0 aliphatic carbocycles. The highest BCUT2D eigenvalue weighted by atomic mass is 79.9. The lowest BCUT2D eigenvalue weighted by Crippen LogP contribution is -2.37. The van der Waals surface area contributed by atoms with Crippen LogP contribution in [0.1, 0.15) is 40.8 Å². The van der Waals surface area contributed by atoms with Crippen LogP contribution < -0.4 is 11.5 Å². The maximum absolute atomic E-state index is 12.2. The molecule has 6 heterocycles. The van der Waals surface area contributed by atoms with E-state index < -0.39 is 36.1 Å². The summed E-state index contributed by atoms with van der Waals surface area (Å²) >= 11 is 3.46. The first-order chi connectivity index (χ1) is 34.3. The van der Waals surface area contributed by atoms with Crippen molar-refractivity contribution < 1.29 is 35.2 Å². The molecular formula is C51H48BrFN12O6. The fourth-order valence-corrected chi connectivity index (χ4v) is 8.34. The summed E-state index contributed by atoms with van der Waals surface area (Å²) < 4.78 is 23.2. The highest BCUT2D eigenvalue weighted by Crippen LogP contribution is 2.31. The minimum atomic E-state index is -1.68. The molecule has 0 radical (unpaired) electrons. The maximum Gasteiger partial charge on any atom is 0.269 e. The lowest BCUT2D eigenvalue weighted by Gasteiger charge is -2.13. The summed E-state index contributed by atoms with van der Waals surface area (Å²) in [6.45, 7) is 1.000. The first-order valence-electron chi connectivity index (χ1n) is 22.3. The number of benzene rings is 4. The van der Waals surface area contributed by atoms with Gasteiger partial charge in [-0.15, -0.1) is 6.42 Å². The number of aliphatic hydroxyl groups is 2. The second kappa shape index (κ2) is 20.7. The Morgan fingerprint density at radius 2 is 1.18 bits per heavy atom. The number of carbonyl (C=O) groups excluding carboxylic acids is 4. The lowest BCUT2D eigenvalue weighted by atomic mass is 10.0. The van der Waals surface area contributed by atoms with Crippen molar-refractivity contribution in [2.45, 2.75) is 24.0 Å². The molecule has 2 fully saturated rings. The Hall–Kier alpha value is -8.43. The van der Waals surface area contributed by atoms with Crippen molar-refractivity contribution in [1.29, 1.82) is 0 Å². The third kappa shape index (κ3) is 10.5. The SMILES string of the molecule is C#C[C@]1(O)CCN(C)C1=O.CN1CC[C@@](O)(C#Cc2cccc(-n3nc(C(N)=O)c4cc(-c5cnn(C)c5)ccc43)c2)C1=O.Cn1cc(-c2ccc3c(c2)c(C(N)=O)nn3-c2cccc(Br)c2)cn1.[2H]CF. The van der Waals surface area contributed by atoms with E-state index in [0.29, 0.717) is 47.1 Å². The normalized spacial score (nSPS) is 17.3. The van der Waals surface area contributed by atoms with Gasteiger partial charge in [0.25, 0.3) is 23.6 Å². The number of fused-ring (bicyclic) bond motifs is 2. The van der Waals surface area contributed by atoms with Crippen molar-refractivity contribution >= 4 is 61.4 Å². The molecular weight excluding hydrogens is 976 g/mol. The van der Waals surface area contributed by atoms with E-state index in [9.17, 15) is 33.8 Å². The van der Waals surface area contributed by atoms with Crippen LogP contribution in [-0.4, -0.2) is 128 Å². The fraction of sp³-hybridized carbons (Fsp3) is 0.216. The largest absolute Gasteiger partial charge is 0.369 e. The molecule has 2 aliphatic rings. The average Bonchev–Trinajstić information content (AvgIpc) is 4.24. The van der Waals surface area contributed by atoms with Gasteiger partial charge in [0, 0.05) is 98.5 Å². The monoisotopic (exact) mass is 1020 g/mol. The number of carbonyl (C=O) groups is 4. The van der Waals surface area contributed by atoms with Crippen LogP contribution >= 0.6 is 15.9 Å². The van der Waals surface area contributed by atoms with E-state index in [-0.39, 0.29) is 23.7 Å². The van der Waals surface area contributed by atoms with Gasteiger partial charge in [0.2, 0.25) is 11.2 Å². The summed E-state index contributed by atoms with van der Waals surface area (Å²) in [5.74, 6) is 5.77. The zero-order valence-corrected chi connectivity index (χ0v) is 40.5. The molecule has 2 saturated heterocycles. The van der Waals surface area contributed by atoms with Crippen molar-refractivity contribution in [3.05, 3.63) is 131 Å². The van der Waals surface area contributed by atoms with Crippen molar-refractivity contribution in [3.8, 4) is 57.8 Å². The third-order valence-electron chi connectivity index (χ3n) is 11.7. The number of nitrogens with zero attached hydrogens (tertiary/aromatic N) is 10. The molecule has 0 spiro atoms. The second-order valence-corrected chi connectivity index (χ2v) is 17.5. The number of hydrogen-bond donors (Lipinski definition) is 4. The van der Waals surface area contributed by atoms with Crippen LogP contribution in [0.15, 0.2) is 114 Å². The molecule has 20 heteroatoms. The van der Waals surface area contributed by atoms with Crippen LogP contribution in [0.2, 0.25) is 0 Å². The molecule has 0 unspecified atom stereocenters. The predicted molar refractivity (Wildman–Crippen MR) is 268 cm³/mol. The van der Waals surface area contributed by atoms with Gasteiger partial charge in [0.15, 0.2) is 11.4 Å². The van der Waals surface area contributed by atoms with Gasteiger partial charge in [0.05, 0.1) is 43.3 Å². The highest BCUT2D eigenvalue weighted by molar-refractivity contribution is 9.10. The topological polar surface area (TPSA) is 239 Å². The number of primary amides is 2. The molecule has 18 nitrogen and oxygen atoms in total. The summed E-state index contributed by atoms with van der Waals surface area (Å²) in [4.78, 5) is 50.1. The van der Waals surface area contributed by atoms with Gasteiger partial charge in [0.1, 0.15) is 0 Å². The van der Waals surface area contributed by atoms with Crippen LogP contribution in [0.25, 0.3) is 55.4 Å². The summed E-state index contributed by atoms with van der Waals surface area (Å²) in [6, 6.07) is 26.5. The summed E-state index contributed by atoms with van der Waals surface area (Å²) in [5, 5.41) is 38.5. The second-order valence-electron chi connectivity index (χ2n) is 16.6. The Morgan fingerprint density at radius 3 is 1.58 bits per heavy atom. The number of amides is 4. The van der Waals surface area contributed by atoms with Crippen molar-refractivity contribution in [2.24, 2.45) is 25.6 Å². The number of aromatic nitrogens is 8. The molecule has 4 aromatic carbocycles. The molecule has 362 valence electrons. The summed E-state index contributed by atoms with van der Waals surface area (Å²) in [5.41, 5.74) is 15.8. The fourth-order valence-electron chi connectivity index (χ4n) is 7.95. The summed E-state index contributed by atoms with van der Waals surface area (Å²) in [6.07, 6.45) is 12.9. The minimum absolute atomic E-state index is 0.158. The van der Waals surface area contributed by atoms with Crippen LogP contribution in [0.4, 0.5) is 4.39 Å². The van der Waals surface area contributed by atoms with Crippen molar-refractivity contribution in [3.63, 3.8) is 0 Å². The maximum atomic E-state index is 12.2. The molecule has 0 saturated carbocycles. The number of likely N-dealkylation sites (tertiary alicyclic amines) is 2. The van der Waals surface area contributed by atoms with Gasteiger partial charge in [-0.2, -0.15) is 20.4 Å². The molecule has 71 heavy (non-hydrogen) atoms. The van der Waals surface area contributed by atoms with Gasteiger partial charge < -0.3 is 31.5 Å². The first kappa shape index (κ1) is 49.0. The van der Waals surface area contributed by atoms with E-state index in [4.69, 9.17) is 19.3 Å². The molecule has 8 aromatic rings. The van der Waals surface area contributed by atoms with Crippen molar-refractivity contribution in [1.82, 2.24) is 48.9 Å². The Morgan fingerprint density at radius 1 is 0.718 bits per heavy atom. The zero-order valence-electron chi connectivity index (χ0n) is 39.9. The molecule has 4 aromatic heterocycles.